The molecule has 0 spiro atoms. The van der Waals surface area contributed by atoms with E-state index in [-0.39, 0.29) is 11.6 Å². The highest BCUT2D eigenvalue weighted by molar-refractivity contribution is 5.91. The molecular formula is C16H13FN4O2. The van der Waals surface area contributed by atoms with Gasteiger partial charge in [-0.3, -0.25) is 4.98 Å². The molecule has 2 heterocycles. The van der Waals surface area contributed by atoms with E-state index in [9.17, 15) is 9.18 Å². The SMILES string of the molecule is COC(=O)n1nc(-c2ccccn2)c(-c2ccc(F)cc2)c1N. The van der Waals surface area contributed by atoms with Gasteiger partial charge in [-0.2, -0.15) is 5.10 Å². The first-order valence-electron chi connectivity index (χ1n) is 6.76. The number of rotatable bonds is 2. The minimum absolute atomic E-state index is 0.101. The van der Waals surface area contributed by atoms with Gasteiger partial charge >= 0.3 is 6.09 Å². The molecule has 0 aliphatic rings. The van der Waals surface area contributed by atoms with Crippen LogP contribution in [0.2, 0.25) is 0 Å². The van der Waals surface area contributed by atoms with Gasteiger partial charge in [0.2, 0.25) is 0 Å². The molecule has 0 saturated carbocycles. The van der Waals surface area contributed by atoms with E-state index in [0.29, 0.717) is 22.5 Å². The van der Waals surface area contributed by atoms with Crippen molar-refractivity contribution < 1.29 is 13.9 Å². The number of carbonyl (C=O) groups is 1. The number of hydrogen-bond donors (Lipinski definition) is 1. The molecule has 3 rings (SSSR count). The fraction of sp³-hybridized carbons (Fsp3) is 0.0625. The van der Waals surface area contributed by atoms with Crippen molar-refractivity contribution in [2.75, 3.05) is 12.8 Å². The van der Waals surface area contributed by atoms with Gasteiger partial charge in [-0.05, 0) is 29.8 Å². The quantitative estimate of drug-likeness (QED) is 0.786. The Morgan fingerprint density at radius 2 is 1.96 bits per heavy atom. The summed E-state index contributed by atoms with van der Waals surface area (Å²) >= 11 is 0. The van der Waals surface area contributed by atoms with Gasteiger partial charge in [0.25, 0.3) is 0 Å². The fourth-order valence-corrected chi connectivity index (χ4v) is 2.24. The number of ether oxygens (including phenoxy) is 1. The minimum Gasteiger partial charge on any atom is -0.451 e. The summed E-state index contributed by atoms with van der Waals surface area (Å²) < 4.78 is 18.8. The Hall–Kier alpha value is -3.22. The summed E-state index contributed by atoms with van der Waals surface area (Å²) in [5.74, 6) is -0.267. The van der Waals surface area contributed by atoms with Crippen LogP contribution in [0.15, 0.2) is 48.7 Å². The Morgan fingerprint density at radius 3 is 2.57 bits per heavy atom. The maximum atomic E-state index is 13.2. The third-order valence-electron chi connectivity index (χ3n) is 3.31. The number of carbonyl (C=O) groups excluding carboxylic acids is 1. The molecule has 2 N–H and O–H groups in total. The smallest absolute Gasteiger partial charge is 0.436 e. The summed E-state index contributed by atoms with van der Waals surface area (Å²) in [4.78, 5) is 16.1. The predicted octanol–water partition coefficient (Wildman–Crippen LogP) is 2.95. The highest BCUT2D eigenvalue weighted by atomic mass is 19.1. The van der Waals surface area contributed by atoms with Crippen molar-refractivity contribution in [3.05, 3.63) is 54.5 Å². The van der Waals surface area contributed by atoms with Gasteiger partial charge < -0.3 is 10.5 Å². The Labute approximate surface area is 131 Å². The van der Waals surface area contributed by atoms with Crippen LogP contribution in [0.4, 0.5) is 15.0 Å². The first kappa shape index (κ1) is 14.7. The van der Waals surface area contributed by atoms with Crippen LogP contribution in [0, 0.1) is 5.82 Å². The zero-order valence-electron chi connectivity index (χ0n) is 12.2. The largest absolute Gasteiger partial charge is 0.451 e. The third kappa shape index (κ3) is 2.64. The van der Waals surface area contributed by atoms with Crippen molar-refractivity contribution in [2.24, 2.45) is 0 Å². The number of anilines is 1. The number of nitrogens with zero attached hydrogens (tertiary/aromatic N) is 3. The first-order chi connectivity index (χ1) is 11.1. The normalized spacial score (nSPS) is 10.5. The van der Waals surface area contributed by atoms with E-state index in [0.717, 1.165) is 4.68 Å². The molecule has 23 heavy (non-hydrogen) atoms. The number of nitrogens with two attached hydrogens (primary N) is 1. The van der Waals surface area contributed by atoms with E-state index in [1.54, 1.807) is 36.5 Å². The molecule has 0 unspecified atom stereocenters. The maximum absolute atomic E-state index is 13.2. The van der Waals surface area contributed by atoms with Crippen LogP contribution in [0.1, 0.15) is 0 Å². The van der Waals surface area contributed by atoms with Crippen LogP contribution in [-0.4, -0.2) is 28.0 Å². The minimum atomic E-state index is -0.715. The molecule has 0 atom stereocenters. The summed E-state index contributed by atoms with van der Waals surface area (Å²) in [6.45, 7) is 0. The second-order valence-corrected chi connectivity index (χ2v) is 4.71. The molecule has 0 aliphatic heterocycles. The van der Waals surface area contributed by atoms with Gasteiger partial charge in [0.1, 0.15) is 17.3 Å². The summed E-state index contributed by atoms with van der Waals surface area (Å²) in [5.41, 5.74) is 8.14. The second-order valence-electron chi connectivity index (χ2n) is 4.71. The van der Waals surface area contributed by atoms with E-state index in [1.807, 2.05) is 0 Å². The lowest BCUT2D eigenvalue weighted by atomic mass is 10.0. The molecule has 0 bridgehead atoms. The highest BCUT2D eigenvalue weighted by Gasteiger charge is 2.23. The topological polar surface area (TPSA) is 83.0 Å². The molecule has 0 saturated heterocycles. The van der Waals surface area contributed by atoms with Crippen molar-refractivity contribution in [3.8, 4) is 22.5 Å². The van der Waals surface area contributed by atoms with Gasteiger partial charge in [-0.1, -0.05) is 18.2 Å². The van der Waals surface area contributed by atoms with Crippen molar-refractivity contribution >= 4 is 11.9 Å². The first-order valence-corrected chi connectivity index (χ1v) is 6.76. The average Bonchev–Trinajstić information content (AvgIpc) is 2.93. The molecule has 0 aliphatic carbocycles. The Balaban J connectivity index is 2.25. The summed E-state index contributed by atoms with van der Waals surface area (Å²) in [6.07, 6.45) is 0.893. The maximum Gasteiger partial charge on any atom is 0.436 e. The van der Waals surface area contributed by atoms with Crippen molar-refractivity contribution in [2.45, 2.75) is 0 Å². The number of aromatic nitrogens is 3. The molecule has 1 aromatic carbocycles. The average molecular weight is 312 g/mol. The second kappa shape index (κ2) is 5.88. The number of benzene rings is 1. The molecule has 0 amide bonds. The van der Waals surface area contributed by atoms with Crippen molar-refractivity contribution in [1.82, 2.24) is 14.8 Å². The van der Waals surface area contributed by atoms with E-state index >= 15 is 0 Å². The van der Waals surface area contributed by atoms with E-state index in [1.165, 1.54) is 19.2 Å². The van der Waals surface area contributed by atoms with E-state index in [2.05, 4.69) is 14.8 Å². The van der Waals surface area contributed by atoms with Crippen LogP contribution >= 0.6 is 0 Å². The van der Waals surface area contributed by atoms with Crippen molar-refractivity contribution in [1.29, 1.82) is 0 Å². The zero-order chi connectivity index (χ0) is 16.4. The van der Waals surface area contributed by atoms with Crippen LogP contribution < -0.4 is 5.73 Å². The lowest BCUT2D eigenvalue weighted by molar-refractivity contribution is 0.170. The lowest BCUT2D eigenvalue weighted by Crippen LogP contribution is -2.15. The fourth-order valence-electron chi connectivity index (χ4n) is 2.24. The molecule has 6 nitrogen and oxygen atoms in total. The molecule has 7 heteroatoms. The van der Waals surface area contributed by atoms with E-state index in [4.69, 9.17) is 5.73 Å². The zero-order valence-corrected chi connectivity index (χ0v) is 12.2. The Kier molecular flexibility index (Phi) is 3.76. The van der Waals surface area contributed by atoms with Gasteiger partial charge in [-0.25, -0.2) is 9.18 Å². The lowest BCUT2D eigenvalue weighted by Gasteiger charge is -2.04. The Morgan fingerprint density at radius 1 is 1.22 bits per heavy atom. The predicted molar refractivity (Wildman–Crippen MR) is 83.1 cm³/mol. The third-order valence-corrected chi connectivity index (χ3v) is 3.31. The number of methoxy groups -OCH3 is 1. The van der Waals surface area contributed by atoms with Gasteiger partial charge in [0.15, 0.2) is 0 Å². The highest BCUT2D eigenvalue weighted by Crippen LogP contribution is 2.35. The van der Waals surface area contributed by atoms with Crippen LogP contribution in [-0.2, 0) is 4.74 Å². The summed E-state index contributed by atoms with van der Waals surface area (Å²) in [5, 5.41) is 4.21. The molecule has 0 radical (unpaired) electrons. The number of halogens is 1. The van der Waals surface area contributed by atoms with Crippen LogP contribution in [0.25, 0.3) is 22.5 Å². The summed E-state index contributed by atoms with van der Waals surface area (Å²) in [6, 6.07) is 11.1. The molecule has 2 aromatic heterocycles. The standard InChI is InChI=1S/C16H13FN4O2/c1-23-16(22)21-15(18)13(10-5-7-11(17)8-6-10)14(20-21)12-4-2-3-9-19-12/h2-9H,18H2,1H3. The van der Waals surface area contributed by atoms with Gasteiger partial charge in [0, 0.05) is 6.20 Å². The Bertz CT molecular complexity index is 845. The van der Waals surface area contributed by atoms with Crippen molar-refractivity contribution in [3.63, 3.8) is 0 Å². The molecule has 3 aromatic rings. The van der Waals surface area contributed by atoms with Crippen LogP contribution in [0.5, 0.6) is 0 Å². The van der Waals surface area contributed by atoms with Crippen LogP contribution in [0.3, 0.4) is 0 Å². The molecule has 116 valence electrons. The number of hydrogen-bond acceptors (Lipinski definition) is 5. The number of pyridine rings is 1. The molecule has 0 fully saturated rings. The van der Waals surface area contributed by atoms with Gasteiger partial charge in [-0.15, -0.1) is 4.68 Å². The number of nitrogen functional groups attached to an aromatic ring is 1. The summed E-state index contributed by atoms with van der Waals surface area (Å²) in [7, 11) is 1.24. The molecular weight excluding hydrogens is 299 g/mol. The van der Waals surface area contributed by atoms with E-state index < -0.39 is 6.09 Å². The van der Waals surface area contributed by atoms with Gasteiger partial charge in [0.05, 0.1) is 18.4 Å². The monoisotopic (exact) mass is 312 g/mol.